The third kappa shape index (κ3) is 5.00. The average Bonchev–Trinajstić information content (AvgIpc) is 3.29. The molecule has 1 N–H and O–H groups in total. The molecule has 0 radical (unpaired) electrons. The Morgan fingerprint density at radius 3 is 3.04 bits per heavy atom. The van der Waals surface area contributed by atoms with Crippen molar-refractivity contribution in [3.8, 4) is 11.8 Å². The van der Waals surface area contributed by atoms with Crippen LogP contribution in [0.2, 0.25) is 0 Å². The number of benzene rings is 1. The first-order chi connectivity index (χ1) is 11.8. The zero-order chi connectivity index (χ0) is 16.6. The Kier molecular flexibility index (Phi) is 6.13. The number of hydrogen-bond acceptors (Lipinski definition) is 5. The molecule has 0 bridgehead atoms. The van der Waals surface area contributed by atoms with Gasteiger partial charge in [0, 0.05) is 12.2 Å². The Labute approximate surface area is 146 Å². The number of rotatable bonds is 8. The van der Waals surface area contributed by atoms with Gasteiger partial charge >= 0.3 is 0 Å². The van der Waals surface area contributed by atoms with E-state index in [1.54, 1.807) is 23.9 Å². The Balaban J connectivity index is 1.36. The largest absolute Gasteiger partial charge is 0.493 e. The highest BCUT2D eigenvalue weighted by Gasteiger charge is 2.15. The minimum atomic E-state index is 0.561. The van der Waals surface area contributed by atoms with Crippen molar-refractivity contribution in [2.75, 3.05) is 12.4 Å². The molecule has 0 saturated heterocycles. The van der Waals surface area contributed by atoms with Gasteiger partial charge in [0.1, 0.15) is 11.6 Å². The van der Waals surface area contributed by atoms with E-state index >= 15 is 0 Å². The molecule has 5 nitrogen and oxygen atoms in total. The van der Waals surface area contributed by atoms with Crippen molar-refractivity contribution >= 4 is 11.8 Å². The number of aromatic amines is 1. The molecule has 0 amide bonds. The first kappa shape index (κ1) is 16.8. The maximum atomic E-state index is 8.87. The predicted octanol–water partition coefficient (Wildman–Crippen LogP) is 3.97. The Bertz CT molecular complexity index is 688. The number of hydrogen-bond donors (Lipinski definition) is 1. The molecule has 126 valence electrons. The van der Waals surface area contributed by atoms with Crippen LogP contribution >= 0.6 is 11.8 Å². The summed E-state index contributed by atoms with van der Waals surface area (Å²) in [6.07, 6.45) is 7.74. The van der Waals surface area contributed by atoms with Crippen LogP contribution < -0.4 is 4.74 Å². The van der Waals surface area contributed by atoms with Crippen LogP contribution in [0.3, 0.4) is 0 Å². The molecule has 2 aromatic rings. The summed E-state index contributed by atoms with van der Waals surface area (Å²) in [5.74, 6) is 3.37. The van der Waals surface area contributed by atoms with Crippen molar-refractivity contribution in [2.24, 2.45) is 5.92 Å². The molecule has 1 aliphatic rings. The van der Waals surface area contributed by atoms with Gasteiger partial charge in [-0.05, 0) is 30.5 Å². The maximum absolute atomic E-state index is 8.87. The van der Waals surface area contributed by atoms with E-state index in [-0.39, 0.29) is 0 Å². The predicted molar refractivity (Wildman–Crippen MR) is 94.0 cm³/mol. The summed E-state index contributed by atoms with van der Waals surface area (Å²) in [5.41, 5.74) is 0.612. The number of H-pyrrole nitrogens is 1. The van der Waals surface area contributed by atoms with Crippen molar-refractivity contribution in [1.82, 2.24) is 15.2 Å². The zero-order valence-electron chi connectivity index (χ0n) is 13.7. The standard InChI is InChI=1S/C18H22N4OS/c19-13-15-6-3-7-16(12-15)23-10-11-24-18-20-17(21-22-18)9-8-14-4-1-2-5-14/h3,6-7,12,14H,1-2,4-5,8-11H2,(H,20,21,22). The molecule has 1 fully saturated rings. The van der Waals surface area contributed by atoms with Gasteiger partial charge in [-0.15, -0.1) is 5.10 Å². The topological polar surface area (TPSA) is 74.6 Å². The smallest absolute Gasteiger partial charge is 0.208 e. The van der Waals surface area contributed by atoms with E-state index in [4.69, 9.17) is 10.00 Å². The molecule has 0 aliphatic heterocycles. The minimum absolute atomic E-state index is 0.561. The van der Waals surface area contributed by atoms with Gasteiger partial charge in [-0.25, -0.2) is 4.98 Å². The fourth-order valence-electron chi connectivity index (χ4n) is 3.04. The summed E-state index contributed by atoms with van der Waals surface area (Å²) < 4.78 is 5.65. The third-order valence-electron chi connectivity index (χ3n) is 4.32. The number of nitrogens with one attached hydrogen (secondary N) is 1. The van der Waals surface area contributed by atoms with Crippen LogP contribution in [0.1, 0.15) is 43.5 Å². The summed E-state index contributed by atoms with van der Waals surface area (Å²) in [4.78, 5) is 4.54. The van der Waals surface area contributed by atoms with Crippen molar-refractivity contribution < 1.29 is 4.74 Å². The second-order valence-electron chi connectivity index (χ2n) is 6.09. The molecule has 0 unspecified atom stereocenters. The first-order valence-corrected chi connectivity index (χ1v) is 9.49. The molecule has 0 spiro atoms. The van der Waals surface area contributed by atoms with Crippen LogP contribution in [-0.2, 0) is 6.42 Å². The number of aryl methyl sites for hydroxylation is 1. The van der Waals surface area contributed by atoms with Crippen molar-refractivity contribution in [1.29, 1.82) is 5.26 Å². The molecule has 6 heteroatoms. The number of aromatic nitrogens is 3. The van der Waals surface area contributed by atoms with Crippen LogP contribution in [0.15, 0.2) is 29.4 Å². The van der Waals surface area contributed by atoms with Gasteiger partial charge in [-0.2, -0.15) is 5.26 Å². The molecule has 1 heterocycles. The normalized spacial score (nSPS) is 14.6. The van der Waals surface area contributed by atoms with E-state index in [1.165, 1.54) is 32.1 Å². The van der Waals surface area contributed by atoms with Gasteiger partial charge in [0.05, 0.1) is 18.2 Å². The summed E-state index contributed by atoms with van der Waals surface area (Å²) >= 11 is 1.59. The molecule has 1 saturated carbocycles. The molecule has 24 heavy (non-hydrogen) atoms. The molecule has 3 rings (SSSR count). The van der Waals surface area contributed by atoms with Crippen molar-refractivity contribution in [2.45, 2.75) is 43.7 Å². The highest BCUT2D eigenvalue weighted by molar-refractivity contribution is 7.99. The molecule has 1 aliphatic carbocycles. The van der Waals surface area contributed by atoms with Gasteiger partial charge < -0.3 is 4.74 Å². The Morgan fingerprint density at radius 2 is 2.21 bits per heavy atom. The highest BCUT2D eigenvalue weighted by atomic mass is 32.2. The third-order valence-corrected chi connectivity index (χ3v) is 5.13. The summed E-state index contributed by atoms with van der Waals surface area (Å²) in [5, 5.41) is 17.0. The second kappa shape index (κ2) is 8.74. The summed E-state index contributed by atoms with van der Waals surface area (Å²) in [7, 11) is 0. The van der Waals surface area contributed by atoms with Gasteiger partial charge in [0.2, 0.25) is 5.16 Å². The van der Waals surface area contributed by atoms with Crippen LogP contribution in [-0.4, -0.2) is 27.5 Å². The van der Waals surface area contributed by atoms with E-state index in [9.17, 15) is 0 Å². The molecular weight excluding hydrogens is 320 g/mol. The van der Waals surface area contributed by atoms with Crippen molar-refractivity contribution in [3.05, 3.63) is 35.7 Å². The second-order valence-corrected chi connectivity index (χ2v) is 7.15. The summed E-state index contributed by atoms with van der Waals surface area (Å²) in [6.45, 7) is 0.561. The lowest BCUT2D eigenvalue weighted by Crippen LogP contribution is -2.00. The lowest BCUT2D eigenvalue weighted by atomic mass is 10.0. The van der Waals surface area contributed by atoms with Gasteiger partial charge in [-0.1, -0.05) is 43.5 Å². The van der Waals surface area contributed by atoms with E-state index in [0.29, 0.717) is 12.2 Å². The average molecular weight is 342 g/mol. The molecule has 0 atom stereocenters. The van der Waals surface area contributed by atoms with Gasteiger partial charge in [0.25, 0.3) is 0 Å². The van der Waals surface area contributed by atoms with E-state index in [1.807, 2.05) is 12.1 Å². The SMILES string of the molecule is N#Cc1cccc(OCCSc2n[nH]c(CCC3CCCC3)n2)c1. The monoisotopic (exact) mass is 342 g/mol. The number of thioether (sulfide) groups is 1. The first-order valence-electron chi connectivity index (χ1n) is 8.50. The van der Waals surface area contributed by atoms with Crippen molar-refractivity contribution in [3.63, 3.8) is 0 Å². The van der Waals surface area contributed by atoms with Gasteiger partial charge in [0.15, 0.2) is 0 Å². The molecular formula is C18H22N4OS. The zero-order valence-corrected chi connectivity index (χ0v) is 14.5. The minimum Gasteiger partial charge on any atom is -0.493 e. The highest BCUT2D eigenvalue weighted by Crippen LogP contribution is 2.28. The lowest BCUT2D eigenvalue weighted by Gasteiger charge is -2.05. The van der Waals surface area contributed by atoms with Crippen LogP contribution in [0.4, 0.5) is 0 Å². The lowest BCUT2D eigenvalue weighted by molar-refractivity contribution is 0.344. The van der Waals surface area contributed by atoms with Gasteiger partial charge in [-0.3, -0.25) is 5.10 Å². The fourth-order valence-corrected chi connectivity index (χ4v) is 3.68. The number of ether oxygens (including phenoxy) is 1. The van der Waals surface area contributed by atoms with E-state index in [0.717, 1.165) is 34.8 Å². The summed E-state index contributed by atoms with van der Waals surface area (Å²) in [6, 6.07) is 9.31. The van der Waals surface area contributed by atoms with Crippen LogP contribution in [0.5, 0.6) is 5.75 Å². The van der Waals surface area contributed by atoms with E-state index in [2.05, 4.69) is 21.3 Å². The van der Waals surface area contributed by atoms with E-state index < -0.39 is 0 Å². The Morgan fingerprint density at radius 1 is 1.33 bits per heavy atom. The van der Waals surface area contributed by atoms with Crippen LogP contribution in [0, 0.1) is 17.2 Å². The molecule has 1 aromatic heterocycles. The van der Waals surface area contributed by atoms with Crippen LogP contribution in [0.25, 0.3) is 0 Å². The number of nitriles is 1. The Hall–Kier alpha value is -2.00. The molecule has 1 aromatic carbocycles. The quantitative estimate of drug-likeness (QED) is 0.580. The number of nitrogens with zero attached hydrogens (tertiary/aromatic N) is 3. The fraction of sp³-hybridized carbons (Fsp3) is 0.500. The maximum Gasteiger partial charge on any atom is 0.208 e.